The van der Waals surface area contributed by atoms with Gasteiger partial charge in [0.15, 0.2) is 0 Å². The molecule has 0 radical (unpaired) electrons. The normalized spacial score (nSPS) is 21.6. The number of hydrogen-bond donors (Lipinski definition) is 1. The number of halogens is 2. The van der Waals surface area contributed by atoms with Crippen molar-refractivity contribution in [3.8, 4) is 0 Å². The van der Waals surface area contributed by atoms with Crippen LogP contribution in [0.1, 0.15) is 29.2 Å². The third-order valence-corrected chi connectivity index (χ3v) is 4.49. The quantitative estimate of drug-likeness (QED) is 0.877. The molecule has 20 heavy (non-hydrogen) atoms. The van der Waals surface area contributed by atoms with Gasteiger partial charge in [0, 0.05) is 6.04 Å². The molecule has 1 aliphatic carbocycles. The predicted molar refractivity (Wildman–Crippen MR) is 80.3 cm³/mol. The second-order valence-corrected chi connectivity index (χ2v) is 5.88. The zero-order chi connectivity index (χ0) is 14.1. The van der Waals surface area contributed by atoms with Crippen molar-refractivity contribution in [3.63, 3.8) is 0 Å². The zero-order valence-corrected chi connectivity index (χ0v) is 11.9. The summed E-state index contributed by atoms with van der Waals surface area (Å²) < 4.78 is 13.5. The fourth-order valence-electron chi connectivity index (χ4n) is 3.06. The summed E-state index contributed by atoms with van der Waals surface area (Å²) >= 11 is 5.72. The second kappa shape index (κ2) is 5.55. The molecule has 2 aromatic carbocycles. The van der Waals surface area contributed by atoms with E-state index in [1.54, 1.807) is 6.07 Å². The van der Waals surface area contributed by atoms with Crippen molar-refractivity contribution in [1.82, 2.24) is 0 Å². The summed E-state index contributed by atoms with van der Waals surface area (Å²) in [6, 6.07) is 13.4. The molecule has 0 heterocycles. The van der Waals surface area contributed by atoms with Crippen LogP contribution in [-0.2, 0) is 12.8 Å². The minimum absolute atomic E-state index is 0.0266. The first kappa shape index (κ1) is 13.6. The van der Waals surface area contributed by atoms with Gasteiger partial charge in [-0.2, -0.15) is 0 Å². The molecule has 0 bridgehead atoms. The molecule has 3 rings (SSSR count). The highest BCUT2D eigenvalue weighted by Gasteiger charge is 2.26. The van der Waals surface area contributed by atoms with Crippen LogP contribution in [0.4, 0.5) is 4.39 Å². The van der Waals surface area contributed by atoms with Crippen LogP contribution in [-0.4, -0.2) is 0 Å². The van der Waals surface area contributed by atoms with Gasteiger partial charge in [0.2, 0.25) is 0 Å². The first-order valence-electron chi connectivity index (χ1n) is 6.92. The molecule has 2 atom stereocenters. The molecule has 1 aliphatic rings. The average Bonchev–Trinajstić information content (AvgIpc) is 2.46. The van der Waals surface area contributed by atoms with Gasteiger partial charge in [-0.3, -0.25) is 0 Å². The van der Waals surface area contributed by atoms with Gasteiger partial charge in [-0.15, -0.1) is 0 Å². The van der Waals surface area contributed by atoms with Crippen molar-refractivity contribution in [2.75, 3.05) is 0 Å². The van der Waals surface area contributed by atoms with E-state index in [1.165, 1.54) is 17.2 Å². The number of rotatable bonds is 2. The van der Waals surface area contributed by atoms with E-state index in [9.17, 15) is 4.39 Å². The van der Waals surface area contributed by atoms with Gasteiger partial charge in [-0.05, 0) is 54.0 Å². The minimum atomic E-state index is -0.353. The Bertz CT molecular complexity index is 626. The Morgan fingerprint density at radius 2 is 2.00 bits per heavy atom. The standard InChI is InChI=1S/C17H17ClFN/c18-15-8-5-11(10-16(15)19)9-13-7-6-12-3-1-2-4-14(12)17(13)20/h1-5,8,10,13,17H,6-7,9,20H2. The molecule has 1 nitrogen and oxygen atoms in total. The fourth-order valence-corrected chi connectivity index (χ4v) is 3.18. The fraction of sp³-hybridized carbons (Fsp3) is 0.294. The number of hydrogen-bond acceptors (Lipinski definition) is 1. The van der Waals surface area contributed by atoms with Crippen LogP contribution < -0.4 is 5.73 Å². The molecule has 0 aliphatic heterocycles. The van der Waals surface area contributed by atoms with Gasteiger partial charge < -0.3 is 5.73 Å². The van der Waals surface area contributed by atoms with Gasteiger partial charge >= 0.3 is 0 Å². The SMILES string of the molecule is NC1c2ccccc2CCC1Cc1ccc(Cl)c(F)c1. The van der Waals surface area contributed by atoms with Crippen molar-refractivity contribution in [1.29, 1.82) is 0 Å². The average molecular weight is 290 g/mol. The van der Waals surface area contributed by atoms with Crippen LogP contribution in [0.25, 0.3) is 0 Å². The van der Waals surface area contributed by atoms with Crippen molar-refractivity contribution in [2.24, 2.45) is 11.7 Å². The summed E-state index contributed by atoms with van der Waals surface area (Å²) in [5.41, 5.74) is 9.93. The number of aryl methyl sites for hydroxylation is 1. The van der Waals surface area contributed by atoms with E-state index in [-0.39, 0.29) is 16.9 Å². The summed E-state index contributed by atoms with van der Waals surface area (Å²) in [7, 11) is 0. The highest BCUT2D eigenvalue weighted by Crippen LogP contribution is 2.34. The molecule has 2 aromatic rings. The summed E-state index contributed by atoms with van der Waals surface area (Å²) in [6.07, 6.45) is 2.89. The van der Waals surface area contributed by atoms with E-state index in [2.05, 4.69) is 18.2 Å². The third kappa shape index (κ3) is 2.58. The Morgan fingerprint density at radius 3 is 2.80 bits per heavy atom. The van der Waals surface area contributed by atoms with Crippen LogP contribution in [0.5, 0.6) is 0 Å². The highest BCUT2D eigenvalue weighted by atomic mass is 35.5. The molecule has 104 valence electrons. The van der Waals surface area contributed by atoms with Crippen LogP contribution in [0.3, 0.4) is 0 Å². The molecule has 0 saturated heterocycles. The van der Waals surface area contributed by atoms with Crippen molar-refractivity contribution < 1.29 is 4.39 Å². The number of nitrogens with two attached hydrogens (primary N) is 1. The van der Waals surface area contributed by atoms with Crippen LogP contribution in [0.2, 0.25) is 5.02 Å². The van der Waals surface area contributed by atoms with E-state index < -0.39 is 0 Å². The Morgan fingerprint density at radius 1 is 1.20 bits per heavy atom. The summed E-state index contributed by atoms with van der Waals surface area (Å²) in [5.74, 6) is -0.000534. The third-order valence-electron chi connectivity index (χ3n) is 4.19. The first-order chi connectivity index (χ1) is 9.65. The van der Waals surface area contributed by atoms with Gasteiger partial charge in [-0.1, -0.05) is 41.9 Å². The van der Waals surface area contributed by atoms with E-state index in [0.717, 1.165) is 24.8 Å². The topological polar surface area (TPSA) is 26.0 Å². The van der Waals surface area contributed by atoms with Crippen molar-refractivity contribution in [3.05, 3.63) is 70.0 Å². The summed E-state index contributed by atoms with van der Waals surface area (Å²) in [6.45, 7) is 0. The Labute approximate surface area is 123 Å². The Balaban J connectivity index is 1.81. The predicted octanol–water partition coefficient (Wildman–Crippen LogP) is 4.28. The summed E-state index contributed by atoms with van der Waals surface area (Å²) in [4.78, 5) is 0. The highest BCUT2D eigenvalue weighted by molar-refractivity contribution is 6.30. The first-order valence-corrected chi connectivity index (χ1v) is 7.30. The van der Waals surface area contributed by atoms with E-state index >= 15 is 0 Å². The smallest absolute Gasteiger partial charge is 0.142 e. The molecule has 0 amide bonds. The lowest BCUT2D eigenvalue weighted by Crippen LogP contribution is -2.28. The van der Waals surface area contributed by atoms with Gasteiger partial charge in [0.25, 0.3) is 0 Å². The van der Waals surface area contributed by atoms with Gasteiger partial charge in [0.05, 0.1) is 5.02 Å². The molecule has 0 saturated carbocycles. The maximum Gasteiger partial charge on any atom is 0.142 e. The van der Waals surface area contributed by atoms with Crippen molar-refractivity contribution in [2.45, 2.75) is 25.3 Å². The Kier molecular flexibility index (Phi) is 3.77. The lowest BCUT2D eigenvalue weighted by Gasteiger charge is -2.31. The zero-order valence-electron chi connectivity index (χ0n) is 11.2. The maximum atomic E-state index is 13.5. The molecular weight excluding hydrogens is 273 g/mol. The van der Waals surface area contributed by atoms with Crippen LogP contribution in [0.15, 0.2) is 42.5 Å². The molecule has 3 heteroatoms. The van der Waals surface area contributed by atoms with Crippen LogP contribution in [0, 0.1) is 11.7 Å². The molecule has 0 aromatic heterocycles. The largest absolute Gasteiger partial charge is 0.324 e. The van der Waals surface area contributed by atoms with Crippen LogP contribution >= 0.6 is 11.6 Å². The lowest BCUT2D eigenvalue weighted by molar-refractivity contribution is 0.376. The monoisotopic (exact) mass is 289 g/mol. The van der Waals surface area contributed by atoms with E-state index in [0.29, 0.717) is 5.92 Å². The minimum Gasteiger partial charge on any atom is -0.324 e. The summed E-state index contributed by atoms with van der Waals surface area (Å²) in [5, 5.41) is 0.173. The van der Waals surface area contributed by atoms with E-state index in [1.807, 2.05) is 12.1 Å². The molecule has 2 unspecified atom stereocenters. The second-order valence-electron chi connectivity index (χ2n) is 5.48. The molecule has 0 spiro atoms. The maximum absolute atomic E-state index is 13.5. The molecular formula is C17H17ClFN. The van der Waals surface area contributed by atoms with Gasteiger partial charge in [-0.25, -0.2) is 4.39 Å². The molecule has 0 fully saturated rings. The lowest BCUT2D eigenvalue weighted by atomic mass is 9.77. The van der Waals surface area contributed by atoms with E-state index in [4.69, 9.17) is 17.3 Å². The number of fused-ring (bicyclic) bond motifs is 1. The van der Waals surface area contributed by atoms with Gasteiger partial charge in [0.1, 0.15) is 5.82 Å². The van der Waals surface area contributed by atoms with Crippen molar-refractivity contribution >= 4 is 11.6 Å². The molecule has 2 N–H and O–H groups in total. The number of benzene rings is 2. The Hall–Kier alpha value is -1.38.